The third kappa shape index (κ3) is 3.60. The summed E-state index contributed by atoms with van der Waals surface area (Å²) in [6.07, 6.45) is 6.17. The minimum absolute atomic E-state index is 0.0162. The van der Waals surface area contributed by atoms with Crippen LogP contribution in [0.1, 0.15) is 32.1 Å². The van der Waals surface area contributed by atoms with E-state index in [1.54, 1.807) is 12.4 Å². The lowest BCUT2D eigenvalue weighted by Crippen LogP contribution is -2.37. The van der Waals surface area contributed by atoms with E-state index in [1.165, 1.54) is 7.11 Å². The van der Waals surface area contributed by atoms with Gasteiger partial charge in [0.05, 0.1) is 13.7 Å². The Morgan fingerprint density at radius 1 is 1.17 bits per heavy atom. The number of Topliss-reactive ketones (excluding diaryl/α,β-unsaturated/α-hetero) is 1. The van der Waals surface area contributed by atoms with Gasteiger partial charge < -0.3 is 14.4 Å². The number of nitrogens with zero attached hydrogens (tertiary/aromatic N) is 3. The van der Waals surface area contributed by atoms with Crippen LogP contribution in [-0.4, -0.2) is 52.9 Å². The Kier molecular flexibility index (Phi) is 4.73. The van der Waals surface area contributed by atoms with Gasteiger partial charge in [-0.2, -0.15) is 0 Å². The molecule has 1 atom stereocenters. The van der Waals surface area contributed by atoms with Crippen LogP contribution in [0, 0.1) is 5.92 Å². The van der Waals surface area contributed by atoms with E-state index in [2.05, 4.69) is 9.97 Å². The molecular formula is C16H21N3O4. The molecule has 2 fully saturated rings. The van der Waals surface area contributed by atoms with E-state index in [4.69, 9.17) is 9.47 Å². The molecule has 0 bridgehead atoms. The number of methoxy groups -OCH3 is 1. The summed E-state index contributed by atoms with van der Waals surface area (Å²) >= 11 is 0. The summed E-state index contributed by atoms with van der Waals surface area (Å²) in [5.41, 5.74) is 0. The average Bonchev–Trinajstić information content (AvgIpc) is 3.04. The van der Waals surface area contributed by atoms with Crippen LogP contribution >= 0.6 is 0 Å². The van der Waals surface area contributed by atoms with Crippen LogP contribution in [0.5, 0.6) is 11.8 Å². The summed E-state index contributed by atoms with van der Waals surface area (Å²) in [6, 6.07) is 0. The third-order valence-electron chi connectivity index (χ3n) is 4.45. The highest BCUT2D eigenvalue weighted by Crippen LogP contribution is 2.27. The monoisotopic (exact) mass is 319 g/mol. The summed E-state index contributed by atoms with van der Waals surface area (Å²) in [4.78, 5) is 33.9. The molecule has 1 saturated carbocycles. The molecule has 1 saturated heterocycles. The molecule has 1 aliphatic carbocycles. The van der Waals surface area contributed by atoms with Crippen LogP contribution < -0.4 is 9.47 Å². The lowest BCUT2D eigenvalue weighted by Gasteiger charge is -2.25. The molecule has 0 aromatic carbocycles. The van der Waals surface area contributed by atoms with Gasteiger partial charge in [0.1, 0.15) is 11.9 Å². The molecule has 0 N–H and O–H groups in total. The zero-order valence-electron chi connectivity index (χ0n) is 13.2. The number of aromatic nitrogens is 2. The number of rotatable bonds is 4. The number of hydrogen-bond acceptors (Lipinski definition) is 6. The van der Waals surface area contributed by atoms with Gasteiger partial charge in [0.25, 0.3) is 11.8 Å². The molecule has 1 amide bonds. The topological polar surface area (TPSA) is 81.6 Å². The van der Waals surface area contributed by atoms with Crippen molar-refractivity contribution in [3.05, 3.63) is 12.4 Å². The normalized spacial score (nSPS) is 22.2. The highest BCUT2D eigenvalue weighted by molar-refractivity contribution is 5.84. The Morgan fingerprint density at radius 3 is 2.57 bits per heavy atom. The SMILES string of the molecule is COc1nccnc1OC1CCN(C(=O)C2CCC(=O)CC2)C1. The number of hydrogen-bond donors (Lipinski definition) is 0. The zero-order valence-corrected chi connectivity index (χ0v) is 13.2. The second-order valence-corrected chi connectivity index (χ2v) is 6.00. The van der Waals surface area contributed by atoms with Crippen molar-refractivity contribution in [3.63, 3.8) is 0 Å². The maximum atomic E-state index is 12.5. The maximum Gasteiger partial charge on any atom is 0.278 e. The van der Waals surface area contributed by atoms with E-state index in [0.29, 0.717) is 50.5 Å². The molecule has 3 rings (SSSR count). The van der Waals surface area contributed by atoms with Crippen molar-refractivity contribution in [2.24, 2.45) is 5.92 Å². The van der Waals surface area contributed by atoms with Crippen LogP contribution in [0.4, 0.5) is 0 Å². The number of ketones is 1. The molecule has 2 heterocycles. The largest absolute Gasteiger partial charge is 0.477 e. The fourth-order valence-electron chi connectivity index (χ4n) is 3.16. The van der Waals surface area contributed by atoms with Gasteiger partial charge >= 0.3 is 0 Å². The van der Waals surface area contributed by atoms with E-state index in [9.17, 15) is 9.59 Å². The molecule has 1 aromatic rings. The van der Waals surface area contributed by atoms with Crippen LogP contribution in [0.3, 0.4) is 0 Å². The van der Waals surface area contributed by atoms with Gasteiger partial charge in [-0.1, -0.05) is 0 Å². The van der Waals surface area contributed by atoms with Crippen molar-refractivity contribution in [2.75, 3.05) is 20.2 Å². The van der Waals surface area contributed by atoms with E-state index in [-0.39, 0.29) is 23.7 Å². The Labute approximate surface area is 135 Å². The number of likely N-dealkylation sites (tertiary alicyclic amines) is 1. The lowest BCUT2D eigenvalue weighted by molar-refractivity contribution is -0.136. The predicted molar refractivity (Wildman–Crippen MR) is 81.2 cm³/mol. The fraction of sp³-hybridized carbons (Fsp3) is 0.625. The van der Waals surface area contributed by atoms with Crippen molar-refractivity contribution in [1.82, 2.24) is 14.9 Å². The molecule has 1 unspecified atom stereocenters. The fourth-order valence-corrected chi connectivity index (χ4v) is 3.16. The Morgan fingerprint density at radius 2 is 1.87 bits per heavy atom. The Hall–Kier alpha value is -2.18. The van der Waals surface area contributed by atoms with Crippen molar-refractivity contribution >= 4 is 11.7 Å². The van der Waals surface area contributed by atoms with Gasteiger partial charge in [-0.25, -0.2) is 9.97 Å². The van der Waals surface area contributed by atoms with Crippen LogP contribution in [0.2, 0.25) is 0 Å². The van der Waals surface area contributed by atoms with Crippen LogP contribution in [-0.2, 0) is 9.59 Å². The summed E-state index contributed by atoms with van der Waals surface area (Å²) in [5.74, 6) is 1.11. The molecular weight excluding hydrogens is 298 g/mol. The second kappa shape index (κ2) is 6.93. The van der Waals surface area contributed by atoms with Gasteiger partial charge in [-0.05, 0) is 12.8 Å². The molecule has 0 radical (unpaired) electrons. The third-order valence-corrected chi connectivity index (χ3v) is 4.45. The van der Waals surface area contributed by atoms with E-state index < -0.39 is 0 Å². The molecule has 0 spiro atoms. The minimum atomic E-state index is -0.102. The molecule has 23 heavy (non-hydrogen) atoms. The maximum absolute atomic E-state index is 12.5. The van der Waals surface area contributed by atoms with Crippen LogP contribution in [0.25, 0.3) is 0 Å². The molecule has 1 aliphatic heterocycles. The lowest BCUT2D eigenvalue weighted by atomic mass is 9.87. The number of carbonyl (C=O) groups is 2. The smallest absolute Gasteiger partial charge is 0.278 e. The van der Waals surface area contributed by atoms with Gasteiger partial charge in [-0.3, -0.25) is 9.59 Å². The predicted octanol–water partition coefficient (Wildman–Crippen LogP) is 1.22. The molecule has 7 heteroatoms. The quantitative estimate of drug-likeness (QED) is 0.830. The first-order valence-corrected chi connectivity index (χ1v) is 7.99. The Balaban J connectivity index is 1.56. The minimum Gasteiger partial charge on any atom is -0.477 e. The van der Waals surface area contributed by atoms with Crippen molar-refractivity contribution in [2.45, 2.75) is 38.2 Å². The van der Waals surface area contributed by atoms with Gasteiger partial charge in [0.15, 0.2) is 0 Å². The standard InChI is InChI=1S/C16H21N3O4/c1-22-14-15(18-8-7-17-14)23-13-6-9-19(10-13)16(21)11-2-4-12(20)5-3-11/h7-8,11,13H,2-6,9-10H2,1H3. The number of ether oxygens (including phenoxy) is 2. The van der Waals surface area contributed by atoms with Crippen molar-refractivity contribution in [1.29, 1.82) is 0 Å². The van der Waals surface area contributed by atoms with Crippen LogP contribution in [0.15, 0.2) is 12.4 Å². The summed E-state index contributed by atoms with van der Waals surface area (Å²) in [5, 5.41) is 0. The van der Waals surface area contributed by atoms with Crippen molar-refractivity contribution in [3.8, 4) is 11.8 Å². The highest BCUT2D eigenvalue weighted by Gasteiger charge is 2.34. The average molecular weight is 319 g/mol. The zero-order chi connectivity index (χ0) is 16.2. The first kappa shape index (κ1) is 15.7. The van der Waals surface area contributed by atoms with E-state index in [0.717, 1.165) is 6.42 Å². The van der Waals surface area contributed by atoms with E-state index >= 15 is 0 Å². The summed E-state index contributed by atoms with van der Waals surface area (Å²) in [6.45, 7) is 1.22. The molecule has 2 aliphatic rings. The number of carbonyl (C=O) groups excluding carboxylic acids is 2. The first-order chi connectivity index (χ1) is 11.2. The van der Waals surface area contributed by atoms with Gasteiger partial charge in [-0.15, -0.1) is 0 Å². The molecule has 1 aromatic heterocycles. The molecule has 124 valence electrons. The first-order valence-electron chi connectivity index (χ1n) is 7.99. The van der Waals surface area contributed by atoms with Crippen molar-refractivity contribution < 1.29 is 19.1 Å². The second-order valence-electron chi connectivity index (χ2n) is 6.00. The summed E-state index contributed by atoms with van der Waals surface area (Å²) in [7, 11) is 1.52. The van der Waals surface area contributed by atoms with Gasteiger partial charge in [0, 0.05) is 44.1 Å². The number of amides is 1. The highest BCUT2D eigenvalue weighted by atomic mass is 16.5. The molecule has 7 nitrogen and oxygen atoms in total. The summed E-state index contributed by atoms with van der Waals surface area (Å²) < 4.78 is 11.0. The van der Waals surface area contributed by atoms with Gasteiger partial charge in [0.2, 0.25) is 5.91 Å². The Bertz CT molecular complexity index is 582. The van der Waals surface area contributed by atoms with E-state index in [1.807, 2.05) is 4.90 Å².